The Labute approximate surface area is 89.9 Å². The second-order valence-corrected chi connectivity index (χ2v) is 5.88. The van der Waals surface area contributed by atoms with Gasteiger partial charge in [-0.1, -0.05) is 12.3 Å². The summed E-state index contributed by atoms with van der Waals surface area (Å²) in [5, 5.41) is -0.400. The smallest absolute Gasteiger partial charge is 0.384 e. The molecule has 1 aliphatic heterocycles. The van der Waals surface area contributed by atoms with Crippen molar-refractivity contribution in [1.29, 1.82) is 0 Å². The SMILES string of the molecule is COC(=O)C#CCC1CCCCS1(=O)=O. The topological polar surface area (TPSA) is 60.4 Å². The first-order valence-corrected chi connectivity index (χ1v) is 6.56. The van der Waals surface area contributed by atoms with Crippen molar-refractivity contribution in [3.05, 3.63) is 0 Å². The summed E-state index contributed by atoms with van der Waals surface area (Å²) in [4.78, 5) is 10.7. The molecule has 0 spiro atoms. The Balaban J connectivity index is 2.56. The van der Waals surface area contributed by atoms with Gasteiger partial charge in [0.05, 0.1) is 18.1 Å². The van der Waals surface area contributed by atoms with Gasteiger partial charge < -0.3 is 4.74 Å². The molecule has 0 radical (unpaired) electrons. The predicted molar refractivity (Wildman–Crippen MR) is 55.8 cm³/mol. The van der Waals surface area contributed by atoms with Crippen LogP contribution in [0.25, 0.3) is 0 Å². The lowest BCUT2D eigenvalue weighted by Crippen LogP contribution is -2.27. The number of hydrogen-bond acceptors (Lipinski definition) is 4. The molecule has 4 nitrogen and oxygen atoms in total. The maximum atomic E-state index is 11.5. The summed E-state index contributed by atoms with van der Waals surface area (Å²) in [6, 6.07) is 0. The van der Waals surface area contributed by atoms with E-state index < -0.39 is 21.1 Å². The first kappa shape index (κ1) is 12.1. The summed E-state index contributed by atoms with van der Waals surface area (Å²) >= 11 is 0. The van der Waals surface area contributed by atoms with Crippen LogP contribution in [0.3, 0.4) is 0 Å². The minimum Gasteiger partial charge on any atom is -0.459 e. The average Bonchev–Trinajstić information content (AvgIpc) is 2.20. The van der Waals surface area contributed by atoms with Crippen molar-refractivity contribution in [3.63, 3.8) is 0 Å². The van der Waals surface area contributed by atoms with Gasteiger partial charge in [-0.05, 0) is 12.8 Å². The Morgan fingerprint density at radius 3 is 2.80 bits per heavy atom. The van der Waals surface area contributed by atoms with Crippen molar-refractivity contribution < 1.29 is 17.9 Å². The molecule has 1 unspecified atom stereocenters. The molecule has 1 aliphatic rings. The minimum atomic E-state index is -2.98. The van der Waals surface area contributed by atoms with Crippen LogP contribution in [-0.2, 0) is 19.4 Å². The lowest BCUT2D eigenvalue weighted by atomic mass is 10.1. The molecule has 0 N–H and O–H groups in total. The molecular formula is C10H14O4S. The van der Waals surface area contributed by atoms with Crippen LogP contribution in [0, 0.1) is 11.8 Å². The van der Waals surface area contributed by atoms with Gasteiger partial charge in [-0.25, -0.2) is 13.2 Å². The summed E-state index contributed by atoms with van der Waals surface area (Å²) in [7, 11) is -1.74. The molecular weight excluding hydrogens is 216 g/mol. The number of methoxy groups -OCH3 is 1. The van der Waals surface area contributed by atoms with Crippen LogP contribution >= 0.6 is 0 Å². The van der Waals surface area contributed by atoms with Gasteiger partial charge in [-0.3, -0.25) is 0 Å². The second-order valence-electron chi connectivity index (χ2n) is 3.48. The highest BCUT2D eigenvalue weighted by molar-refractivity contribution is 7.92. The lowest BCUT2D eigenvalue weighted by molar-refractivity contribution is -0.133. The van der Waals surface area contributed by atoms with Gasteiger partial charge in [0, 0.05) is 12.3 Å². The van der Waals surface area contributed by atoms with Crippen LogP contribution in [-0.4, -0.2) is 32.5 Å². The summed E-state index contributed by atoms with van der Waals surface area (Å²) in [5.74, 6) is 4.43. The number of esters is 1. The van der Waals surface area contributed by atoms with Gasteiger partial charge >= 0.3 is 5.97 Å². The van der Waals surface area contributed by atoms with E-state index in [1.165, 1.54) is 7.11 Å². The maximum absolute atomic E-state index is 11.5. The molecule has 1 fully saturated rings. The zero-order chi connectivity index (χ0) is 11.3. The molecule has 1 saturated heterocycles. The van der Waals surface area contributed by atoms with E-state index in [1.54, 1.807) is 0 Å². The summed E-state index contributed by atoms with van der Waals surface area (Å²) in [5.41, 5.74) is 0. The van der Waals surface area contributed by atoms with Crippen LogP contribution in [0.15, 0.2) is 0 Å². The van der Waals surface area contributed by atoms with Gasteiger partial charge in [0.2, 0.25) is 0 Å². The van der Waals surface area contributed by atoms with Crippen LogP contribution < -0.4 is 0 Å². The fourth-order valence-corrected chi connectivity index (χ4v) is 3.34. The van der Waals surface area contributed by atoms with Crippen molar-refractivity contribution in [3.8, 4) is 11.8 Å². The highest BCUT2D eigenvalue weighted by Gasteiger charge is 2.27. The van der Waals surface area contributed by atoms with E-state index in [-0.39, 0.29) is 12.2 Å². The number of rotatable bonds is 1. The Hall–Kier alpha value is -1.02. The lowest BCUT2D eigenvalue weighted by Gasteiger charge is -2.19. The molecule has 0 aromatic heterocycles. The first-order chi connectivity index (χ1) is 7.06. The van der Waals surface area contributed by atoms with Gasteiger partial charge in [0.1, 0.15) is 0 Å². The van der Waals surface area contributed by atoms with E-state index in [9.17, 15) is 13.2 Å². The van der Waals surface area contributed by atoms with E-state index in [0.29, 0.717) is 6.42 Å². The van der Waals surface area contributed by atoms with Crippen LogP contribution in [0.5, 0.6) is 0 Å². The molecule has 0 aromatic rings. The zero-order valence-electron chi connectivity index (χ0n) is 8.65. The fourth-order valence-electron chi connectivity index (χ4n) is 1.54. The molecule has 1 heterocycles. The van der Waals surface area contributed by atoms with E-state index in [4.69, 9.17) is 0 Å². The van der Waals surface area contributed by atoms with Crippen LogP contribution in [0.1, 0.15) is 25.7 Å². The third-order valence-electron chi connectivity index (χ3n) is 2.42. The number of carbonyl (C=O) groups excluding carboxylic acids is 1. The van der Waals surface area contributed by atoms with Crippen molar-refractivity contribution in [2.75, 3.05) is 12.9 Å². The van der Waals surface area contributed by atoms with Crippen LogP contribution in [0.4, 0.5) is 0 Å². The number of carbonyl (C=O) groups is 1. The standard InChI is InChI=1S/C10H14O4S/c1-14-10(11)7-4-6-9-5-2-3-8-15(9,12)13/h9H,2-3,5-6,8H2,1H3. The first-order valence-electron chi connectivity index (χ1n) is 4.84. The highest BCUT2D eigenvalue weighted by atomic mass is 32.2. The molecule has 0 saturated carbocycles. The molecule has 1 rings (SSSR count). The number of hydrogen-bond donors (Lipinski definition) is 0. The Morgan fingerprint density at radius 2 is 2.20 bits per heavy atom. The Morgan fingerprint density at radius 1 is 1.47 bits per heavy atom. The van der Waals surface area contributed by atoms with Crippen molar-refractivity contribution >= 4 is 15.8 Å². The second kappa shape index (κ2) is 5.17. The van der Waals surface area contributed by atoms with Gasteiger partial charge in [0.25, 0.3) is 0 Å². The van der Waals surface area contributed by atoms with Gasteiger partial charge in [0.15, 0.2) is 9.84 Å². The summed E-state index contributed by atoms with van der Waals surface area (Å²) < 4.78 is 27.4. The molecule has 0 bridgehead atoms. The Kier molecular flexibility index (Phi) is 4.15. The molecule has 84 valence electrons. The fraction of sp³-hybridized carbons (Fsp3) is 0.700. The third kappa shape index (κ3) is 3.56. The zero-order valence-corrected chi connectivity index (χ0v) is 9.47. The predicted octanol–water partition coefficient (Wildman–Crippen LogP) is 0.520. The van der Waals surface area contributed by atoms with E-state index in [0.717, 1.165) is 12.8 Å². The van der Waals surface area contributed by atoms with Crippen molar-refractivity contribution in [2.24, 2.45) is 0 Å². The van der Waals surface area contributed by atoms with Crippen molar-refractivity contribution in [2.45, 2.75) is 30.9 Å². The Bertz CT molecular complexity index is 385. The molecule has 1 atom stereocenters. The van der Waals surface area contributed by atoms with Gasteiger partial charge in [-0.15, -0.1) is 0 Å². The summed E-state index contributed by atoms with van der Waals surface area (Å²) in [6.07, 6.45) is 2.54. The molecule has 5 heteroatoms. The number of sulfone groups is 1. The van der Waals surface area contributed by atoms with E-state index in [1.807, 2.05) is 0 Å². The number of ether oxygens (including phenoxy) is 1. The third-order valence-corrected chi connectivity index (χ3v) is 4.69. The highest BCUT2D eigenvalue weighted by Crippen LogP contribution is 2.21. The minimum absolute atomic E-state index is 0.234. The maximum Gasteiger partial charge on any atom is 0.384 e. The average molecular weight is 230 g/mol. The summed E-state index contributed by atoms with van der Waals surface area (Å²) in [6.45, 7) is 0. The van der Waals surface area contributed by atoms with E-state index >= 15 is 0 Å². The molecule has 0 aromatic carbocycles. The molecule has 0 amide bonds. The van der Waals surface area contributed by atoms with Crippen LogP contribution in [0.2, 0.25) is 0 Å². The molecule has 15 heavy (non-hydrogen) atoms. The van der Waals surface area contributed by atoms with Crippen molar-refractivity contribution in [1.82, 2.24) is 0 Å². The quantitative estimate of drug-likeness (QED) is 0.374. The van der Waals surface area contributed by atoms with E-state index in [2.05, 4.69) is 16.6 Å². The normalized spacial score (nSPS) is 23.7. The monoisotopic (exact) mass is 230 g/mol. The largest absolute Gasteiger partial charge is 0.459 e. The van der Waals surface area contributed by atoms with Gasteiger partial charge in [-0.2, -0.15) is 0 Å². The molecule has 0 aliphatic carbocycles.